The molecule has 0 radical (unpaired) electrons. The summed E-state index contributed by atoms with van der Waals surface area (Å²) in [5, 5.41) is 2.50. The number of aromatic nitrogens is 2. The van der Waals surface area contributed by atoms with Gasteiger partial charge in [-0.05, 0) is 30.0 Å². The molecule has 0 atom stereocenters. The molecule has 0 aliphatic heterocycles. The first kappa shape index (κ1) is 12.9. The van der Waals surface area contributed by atoms with E-state index in [1.165, 1.54) is 15.9 Å². The van der Waals surface area contributed by atoms with Gasteiger partial charge in [0.15, 0.2) is 0 Å². The molecule has 102 valence electrons. The molecule has 0 saturated heterocycles. The summed E-state index contributed by atoms with van der Waals surface area (Å²) in [5.41, 5.74) is 0.678. The van der Waals surface area contributed by atoms with E-state index in [4.69, 9.17) is 4.74 Å². The topological polar surface area (TPSA) is 44.1 Å². The van der Waals surface area contributed by atoms with Crippen LogP contribution < -0.4 is 10.3 Å². The number of benzene rings is 1. The van der Waals surface area contributed by atoms with Gasteiger partial charge in [-0.25, -0.2) is 4.57 Å². The molecule has 3 aromatic rings. The minimum absolute atomic E-state index is 0.0893. The maximum absolute atomic E-state index is 12.6. The van der Waals surface area contributed by atoms with Crippen molar-refractivity contribution in [1.82, 2.24) is 9.55 Å². The van der Waals surface area contributed by atoms with E-state index >= 15 is 0 Å². The predicted molar refractivity (Wildman–Crippen MR) is 81.0 cm³/mol. The highest BCUT2D eigenvalue weighted by Crippen LogP contribution is 2.21. The van der Waals surface area contributed by atoms with E-state index < -0.39 is 0 Å². The normalized spacial score (nSPS) is 10.8. The Balaban J connectivity index is 2.26. The molecule has 20 heavy (non-hydrogen) atoms. The lowest BCUT2D eigenvalue weighted by molar-refractivity contribution is 0.284. The van der Waals surface area contributed by atoms with Crippen molar-refractivity contribution < 1.29 is 4.74 Å². The molecule has 4 nitrogen and oxygen atoms in total. The van der Waals surface area contributed by atoms with Gasteiger partial charge in [0.05, 0.1) is 17.7 Å². The summed E-state index contributed by atoms with van der Waals surface area (Å²) >= 11 is 1.45. The lowest BCUT2D eigenvalue weighted by Crippen LogP contribution is -2.21. The van der Waals surface area contributed by atoms with Gasteiger partial charge in [0.25, 0.3) is 5.56 Å². The summed E-state index contributed by atoms with van der Waals surface area (Å²) < 4.78 is 7.19. The first-order chi connectivity index (χ1) is 9.81. The number of hydrogen-bond donors (Lipinski definition) is 0. The van der Waals surface area contributed by atoms with Crippen molar-refractivity contribution >= 4 is 21.6 Å². The van der Waals surface area contributed by atoms with Crippen LogP contribution in [-0.2, 0) is 0 Å². The SMILES string of the molecule is CCCOc1nc2sccc2c(=O)n1-c1ccccc1. The molecule has 0 unspecified atom stereocenters. The number of hydrogen-bond acceptors (Lipinski definition) is 4. The van der Waals surface area contributed by atoms with Crippen molar-refractivity contribution in [1.29, 1.82) is 0 Å². The van der Waals surface area contributed by atoms with Gasteiger partial charge in [0.2, 0.25) is 0 Å². The summed E-state index contributed by atoms with van der Waals surface area (Å²) in [6, 6.07) is 11.6. The third-order valence-electron chi connectivity index (χ3n) is 2.92. The number of ether oxygens (including phenoxy) is 1. The molecule has 2 aromatic heterocycles. The minimum atomic E-state index is -0.0893. The van der Waals surface area contributed by atoms with Crippen LogP contribution in [0.3, 0.4) is 0 Å². The maximum atomic E-state index is 12.6. The average molecular weight is 286 g/mol. The maximum Gasteiger partial charge on any atom is 0.305 e. The van der Waals surface area contributed by atoms with Crippen LogP contribution in [0.25, 0.3) is 15.9 Å². The van der Waals surface area contributed by atoms with Gasteiger partial charge in [-0.1, -0.05) is 25.1 Å². The summed E-state index contributed by atoms with van der Waals surface area (Å²) in [4.78, 5) is 17.8. The van der Waals surface area contributed by atoms with E-state index in [1.807, 2.05) is 42.6 Å². The second kappa shape index (κ2) is 5.46. The summed E-state index contributed by atoms with van der Waals surface area (Å²) in [5.74, 6) is 0. The van der Waals surface area contributed by atoms with Crippen LogP contribution in [0.4, 0.5) is 0 Å². The molecule has 1 aromatic carbocycles. The molecule has 0 fully saturated rings. The van der Waals surface area contributed by atoms with Gasteiger partial charge in [0.1, 0.15) is 4.83 Å². The average Bonchev–Trinajstić information content (AvgIpc) is 2.95. The van der Waals surface area contributed by atoms with E-state index in [-0.39, 0.29) is 5.56 Å². The van der Waals surface area contributed by atoms with Crippen molar-refractivity contribution in [3.63, 3.8) is 0 Å². The number of thiophene rings is 1. The summed E-state index contributed by atoms with van der Waals surface area (Å²) in [6.07, 6.45) is 0.868. The highest BCUT2D eigenvalue weighted by atomic mass is 32.1. The number of para-hydroxylation sites is 1. The van der Waals surface area contributed by atoms with Gasteiger partial charge >= 0.3 is 6.01 Å². The number of rotatable bonds is 4. The Hall–Kier alpha value is -2.14. The quantitative estimate of drug-likeness (QED) is 0.739. The monoisotopic (exact) mass is 286 g/mol. The highest BCUT2D eigenvalue weighted by Gasteiger charge is 2.14. The van der Waals surface area contributed by atoms with Gasteiger partial charge in [0, 0.05) is 0 Å². The van der Waals surface area contributed by atoms with Gasteiger partial charge in [-0.2, -0.15) is 4.98 Å². The van der Waals surface area contributed by atoms with Crippen LogP contribution in [0.2, 0.25) is 0 Å². The molecule has 0 amide bonds. The van der Waals surface area contributed by atoms with E-state index in [0.29, 0.717) is 22.8 Å². The molecule has 3 rings (SSSR count). The Kier molecular flexibility index (Phi) is 3.52. The Morgan fingerprint density at radius 2 is 2.05 bits per heavy atom. The van der Waals surface area contributed by atoms with Crippen molar-refractivity contribution in [2.45, 2.75) is 13.3 Å². The van der Waals surface area contributed by atoms with E-state index in [0.717, 1.165) is 12.1 Å². The van der Waals surface area contributed by atoms with Crippen molar-refractivity contribution in [3.8, 4) is 11.7 Å². The molecule has 0 aliphatic carbocycles. The van der Waals surface area contributed by atoms with Crippen LogP contribution >= 0.6 is 11.3 Å². The Morgan fingerprint density at radius 1 is 1.25 bits per heavy atom. The third kappa shape index (κ3) is 2.20. The first-order valence-electron chi connectivity index (χ1n) is 6.49. The second-order valence-electron chi connectivity index (χ2n) is 4.36. The van der Waals surface area contributed by atoms with Crippen LogP contribution in [0, 0.1) is 0 Å². The fourth-order valence-corrected chi connectivity index (χ4v) is 2.74. The van der Waals surface area contributed by atoms with Crippen LogP contribution in [-0.4, -0.2) is 16.2 Å². The molecular weight excluding hydrogens is 272 g/mol. The fraction of sp³-hybridized carbons (Fsp3) is 0.200. The largest absolute Gasteiger partial charge is 0.464 e. The van der Waals surface area contributed by atoms with E-state index in [2.05, 4.69) is 4.98 Å². The zero-order chi connectivity index (χ0) is 13.9. The first-order valence-corrected chi connectivity index (χ1v) is 7.37. The minimum Gasteiger partial charge on any atom is -0.464 e. The number of fused-ring (bicyclic) bond motifs is 1. The molecule has 0 aliphatic rings. The molecule has 5 heteroatoms. The molecule has 0 saturated carbocycles. The zero-order valence-electron chi connectivity index (χ0n) is 11.1. The van der Waals surface area contributed by atoms with Gasteiger partial charge in [-0.15, -0.1) is 11.3 Å². The highest BCUT2D eigenvalue weighted by molar-refractivity contribution is 7.16. The Morgan fingerprint density at radius 3 is 2.80 bits per heavy atom. The van der Waals surface area contributed by atoms with Gasteiger partial charge in [-0.3, -0.25) is 4.79 Å². The number of nitrogens with zero attached hydrogens (tertiary/aromatic N) is 2. The molecular formula is C15H14N2O2S. The Labute approximate surface area is 120 Å². The molecule has 0 spiro atoms. The standard InChI is InChI=1S/C15H14N2O2S/c1-2-9-19-15-16-13-12(8-10-20-13)14(18)17(15)11-6-4-3-5-7-11/h3-8,10H,2,9H2,1H3. The van der Waals surface area contributed by atoms with Crippen molar-refractivity contribution in [2.75, 3.05) is 6.61 Å². The van der Waals surface area contributed by atoms with E-state index in [9.17, 15) is 4.79 Å². The lowest BCUT2D eigenvalue weighted by Gasteiger charge is -2.12. The molecule has 0 bridgehead atoms. The zero-order valence-corrected chi connectivity index (χ0v) is 11.9. The molecule has 2 heterocycles. The van der Waals surface area contributed by atoms with Crippen LogP contribution in [0.1, 0.15) is 13.3 Å². The lowest BCUT2D eigenvalue weighted by atomic mass is 10.3. The predicted octanol–water partition coefficient (Wildman–Crippen LogP) is 3.24. The second-order valence-corrected chi connectivity index (χ2v) is 5.25. The molecule has 0 N–H and O–H groups in total. The summed E-state index contributed by atoms with van der Waals surface area (Å²) in [7, 11) is 0. The fourth-order valence-electron chi connectivity index (χ4n) is 1.99. The van der Waals surface area contributed by atoms with E-state index in [1.54, 1.807) is 6.07 Å². The van der Waals surface area contributed by atoms with Gasteiger partial charge < -0.3 is 4.74 Å². The third-order valence-corrected chi connectivity index (χ3v) is 3.72. The van der Waals surface area contributed by atoms with Crippen LogP contribution in [0.5, 0.6) is 6.01 Å². The van der Waals surface area contributed by atoms with Crippen molar-refractivity contribution in [3.05, 3.63) is 52.1 Å². The van der Waals surface area contributed by atoms with Crippen LogP contribution in [0.15, 0.2) is 46.6 Å². The smallest absolute Gasteiger partial charge is 0.305 e. The summed E-state index contributed by atoms with van der Waals surface area (Å²) in [6.45, 7) is 2.56. The Bertz CT molecular complexity index is 777. The van der Waals surface area contributed by atoms with Crippen molar-refractivity contribution in [2.24, 2.45) is 0 Å².